The molecule has 2 aromatic rings. The van der Waals surface area contributed by atoms with E-state index in [0.717, 1.165) is 18.4 Å². The van der Waals surface area contributed by atoms with Crippen molar-refractivity contribution in [2.45, 2.75) is 43.9 Å². The number of nitrogens with zero attached hydrogens (tertiary/aromatic N) is 2. The number of rotatable bonds is 6. The fraction of sp³-hybridized carbons (Fsp3) is 0.400. The van der Waals surface area contributed by atoms with E-state index in [2.05, 4.69) is 15.3 Å². The van der Waals surface area contributed by atoms with Crippen LogP contribution in [-0.4, -0.2) is 53.0 Å². The van der Waals surface area contributed by atoms with E-state index in [0.29, 0.717) is 19.4 Å². The fourth-order valence-electron chi connectivity index (χ4n) is 3.71. The first-order chi connectivity index (χ1) is 15.0. The molecule has 1 atom stereocenters. The first-order valence-electron chi connectivity index (χ1n) is 9.80. The maximum Gasteiger partial charge on any atom is 0.270 e. The monoisotopic (exact) mass is 466 g/mol. The average molecular weight is 466 g/mol. The van der Waals surface area contributed by atoms with Crippen LogP contribution in [0.1, 0.15) is 53.2 Å². The number of hydrogen-bond donors (Lipinski definition) is 3. The lowest BCUT2D eigenvalue weighted by Crippen LogP contribution is -2.34. The van der Waals surface area contributed by atoms with Crippen LogP contribution in [0.3, 0.4) is 0 Å². The molecule has 3 rings (SSSR count). The number of aliphatic hydroxyl groups excluding tert-OH is 1. The second kappa shape index (κ2) is 9.17. The summed E-state index contributed by atoms with van der Waals surface area (Å²) in [5.41, 5.74) is -1.15. The van der Waals surface area contributed by atoms with Crippen LogP contribution < -0.4 is 10.9 Å². The van der Waals surface area contributed by atoms with Crippen LogP contribution in [0.4, 0.5) is 4.39 Å². The molecular formula is C20H23FN4O6S. The van der Waals surface area contributed by atoms with Crippen molar-refractivity contribution in [3.05, 3.63) is 57.0 Å². The summed E-state index contributed by atoms with van der Waals surface area (Å²) in [5.74, 6) is -1.63. The number of hydrogen-bond acceptors (Lipinski definition) is 7. The second-order valence-corrected chi connectivity index (χ2v) is 9.50. The Kier molecular flexibility index (Phi) is 6.74. The Labute approximate surface area is 183 Å². The molecule has 1 aliphatic heterocycles. The zero-order valence-electron chi connectivity index (χ0n) is 17.5. The van der Waals surface area contributed by atoms with Gasteiger partial charge in [0.05, 0.1) is 23.1 Å². The highest BCUT2D eigenvalue weighted by atomic mass is 32.2. The summed E-state index contributed by atoms with van der Waals surface area (Å²) in [7, 11) is -3.76. The Hall–Kier alpha value is -3.12. The summed E-state index contributed by atoms with van der Waals surface area (Å²) in [6.07, 6.45) is 2.18. The van der Waals surface area contributed by atoms with Crippen LogP contribution in [0.15, 0.2) is 27.9 Å². The molecule has 172 valence electrons. The Balaban J connectivity index is 1.93. The van der Waals surface area contributed by atoms with E-state index < -0.39 is 39.8 Å². The minimum Gasteiger partial charge on any atom is -0.391 e. The summed E-state index contributed by atoms with van der Waals surface area (Å²) in [4.78, 5) is 45.2. The van der Waals surface area contributed by atoms with Gasteiger partial charge < -0.3 is 20.3 Å². The van der Waals surface area contributed by atoms with Gasteiger partial charge in [-0.1, -0.05) is 6.07 Å². The third-order valence-electron chi connectivity index (χ3n) is 5.25. The quantitative estimate of drug-likeness (QED) is 0.558. The van der Waals surface area contributed by atoms with Gasteiger partial charge in [0.25, 0.3) is 11.5 Å². The Morgan fingerprint density at radius 3 is 2.72 bits per heavy atom. The predicted molar refractivity (Wildman–Crippen MR) is 111 cm³/mol. The lowest BCUT2D eigenvalue weighted by Gasteiger charge is -2.23. The smallest absolute Gasteiger partial charge is 0.270 e. The molecule has 1 aromatic carbocycles. The summed E-state index contributed by atoms with van der Waals surface area (Å²) in [5, 5.41) is 12.1. The number of nitrogens with one attached hydrogen (secondary N) is 2. The number of aliphatic hydroxyl groups is 1. The fourth-order valence-corrected chi connectivity index (χ4v) is 4.66. The Bertz CT molecular complexity index is 1230. The number of amides is 2. The third-order valence-corrected chi connectivity index (χ3v) is 6.43. The van der Waals surface area contributed by atoms with E-state index in [4.69, 9.17) is 0 Å². The summed E-state index contributed by atoms with van der Waals surface area (Å²) < 4.78 is 37.4. The van der Waals surface area contributed by atoms with Gasteiger partial charge in [0.1, 0.15) is 17.3 Å². The largest absolute Gasteiger partial charge is 0.391 e. The highest BCUT2D eigenvalue weighted by Crippen LogP contribution is 2.29. The molecule has 0 aliphatic carbocycles. The summed E-state index contributed by atoms with van der Waals surface area (Å²) >= 11 is 0. The second-order valence-electron chi connectivity index (χ2n) is 7.51. The van der Waals surface area contributed by atoms with Gasteiger partial charge in [-0.15, -0.1) is 0 Å². The van der Waals surface area contributed by atoms with E-state index in [1.165, 1.54) is 17.9 Å². The van der Waals surface area contributed by atoms with Gasteiger partial charge in [-0.2, -0.15) is 0 Å². The van der Waals surface area contributed by atoms with Crippen molar-refractivity contribution < 1.29 is 27.5 Å². The Morgan fingerprint density at radius 1 is 1.38 bits per heavy atom. The maximum absolute atomic E-state index is 13.5. The zero-order valence-corrected chi connectivity index (χ0v) is 18.3. The number of benzene rings is 1. The van der Waals surface area contributed by atoms with E-state index in [-0.39, 0.29) is 40.0 Å². The number of carbonyl (C=O) groups is 2. The van der Waals surface area contributed by atoms with Crippen molar-refractivity contribution in [3.8, 4) is 0 Å². The van der Waals surface area contributed by atoms with Crippen molar-refractivity contribution in [1.29, 1.82) is 0 Å². The van der Waals surface area contributed by atoms with Crippen molar-refractivity contribution in [3.63, 3.8) is 0 Å². The lowest BCUT2D eigenvalue weighted by atomic mass is 10.1. The number of likely N-dealkylation sites (tertiary alicyclic amines) is 1. The molecule has 32 heavy (non-hydrogen) atoms. The van der Waals surface area contributed by atoms with Crippen molar-refractivity contribution in [2.75, 3.05) is 12.8 Å². The molecule has 0 bridgehead atoms. The molecular weight excluding hydrogens is 443 g/mol. The molecule has 0 saturated carbocycles. The third kappa shape index (κ3) is 4.86. The van der Waals surface area contributed by atoms with Crippen LogP contribution in [0.25, 0.3) is 0 Å². The van der Waals surface area contributed by atoms with Crippen LogP contribution in [0.5, 0.6) is 0 Å². The number of aromatic amines is 1. The number of carbonyl (C=O) groups excluding carboxylic acids is 2. The van der Waals surface area contributed by atoms with Gasteiger partial charge in [0.2, 0.25) is 5.91 Å². The molecule has 1 aliphatic rings. The molecule has 0 radical (unpaired) electrons. The normalized spacial score (nSPS) is 16.2. The molecule has 1 fully saturated rings. The molecule has 1 unspecified atom stereocenters. The van der Waals surface area contributed by atoms with Gasteiger partial charge in [-0.3, -0.25) is 14.4 Å². The molecule has 1 aromatic heterocycles. The highest BCUT2D eigenvalue weighted by molar-refractivity contribution is 7.90. The van der Waals surface area contributed by atoms with Gasteiger partial charge >= 0.3 is 0 Å². The van der Waals surface area contributed by atoms with Gasteiger partial charge in [-0.25, -0.2) is 17.8 Å². The highest BCUT2D eigenvalue weighted by Gasteiger charge is 2.31. The summed E-state index contributed by atoms with van der Waals surface area (Å²) in [6, 6.07) is 2.65. The average Bonchev–Trinajstić information content (AvgIpc) is 3.21. The van der Waals surface area contributed by atoms with E-state index >= 15 is 0 Å². The molecule has 1 saturated heterocycles. The maximum atomic E-state index is 13.5. The van der Waals surface area contributed by atoms with Crippen LogP contribution >= 0.6 is 0 Å². The van der Waals surface area contributed by atoms with Crippen LogP contribution in [0.2, 0.25) is 0 Å². The number of sulfone groups is 1. The van der Waals surface area contributed by atoms with Crippen molar-refractivity contribution in [1.82, 2.24) is 20.2 Å². The first kappa shape index (κ1) is 23.5. The zero-order chi connectivity index (χ0) is 23.6. The topological polar surface area (TPSA) is 150 Å². The minimum atomic E-state index is -3.76. The minimum absolute atomic E-state index is 0.128. The first-order valence-corrected chi connectivity index (χ1v) is 11.7. The number of aromatic nitrogens is 2. The molecule has 0 spiro atoms. The van der Waals surface area contributed by atoms with E-state index in [9.17, 15) is 32.3 Å². The molecule has 3 N–H and O–H groups in total. The molecule has 2 amide bonds. The number of halogens is 1. The molecule has 10 nitrogen and oxygen atoms in total. The molecule has 2 heterocycles. The Morgan fingerprint density at radius 2 is 2.09 bits per heavy atom. The predicted octanol–water partition coefficient (Wildman–Crippen LogP) is 0.418. The van der Waals surface area contributed by atoms with E-state index in [1.54, 1.807) is 0 Å². The van der Waals surface area contributed by atoms with Gasteiger partial charge in [0, 0.05) is 26.3 Å². The van der Waals surface area contributed by atoms with Crippen LogP contribution in [-0.2, 0) is 27.8 Å². The summed E-state index contributed by atoms with van der Waals surface area (Å²) in [6.45, 7) is 0.858. The van der Waals surface area contributed by atoms with Gasteiger partial charge in [-0.05, 0) is 30.5 Å². The van der Waals surface area contributed by atoms with Crippen molar-refractivity contribution >= 4 is 21.7 Å². The lowest BCUT2D eigenvalue weighted by molar-refractivity contribution is -0.129. The SMILES string of the molecule is CC(=O)N1CCCC1c1nc(C(=O)NCc2ccc(F)cc2S(C)(=O)=O)c(CO)c(=O)[nH]1. The number of H-pyrrole nitrogens is 1. The van der Waals surface area contributed by atoms with Gasteiger partial charge in [0.15, 0.2) is 9.84 Å². The van der Waals surface area contributed by atoms with Crippen LogP contribution in [0, 0.1) is 5.82 Å². The van der Waals surface area contributed by atoms with Crippen molar-refractivity contribution in [2.24, 2.45) is 0 Å². The molecule has 12 heteroatoms. The van der Waals surface area contributed by atoms with E-state index in [1.807, 2.05) is 0 Å². The standard InChI is InChI=1S/C20H23FN4O6S/c1-11(27)25-7-3-4-15(25)18-23-17(14(10-26)19(28)24-18)20(29)22-9-12-5-6-13(21)8-16(12)32(2,30)31/h5-6,8,15,26H,3-4,7,9-10H2,1-2H3,(H,22,29)(H,23,24,28).